The van der Waals surface area contributed by atoms with Crippen LogP contribution in [0.2, 0.25) is 0 Å². The first-order chi connectivity index (χ1) is 10.8. The lowest BCUT2D eigenvalue weighted by molar-refractivity contribution is -0.0432. The maximum Gasteiger partial charge on any atom is 0.332 e. The highest BCUT2D eigenvalue weighted by Gasteiger charge is 2.32. The normalized spacial score (nSPS) is 25.8. The second-order valence-corrected chi connectivity index (χ2v) is 7.44. The van der Waals surface area contributed by atoms with Crippen molar-refractivity contribution in [2.24, 2.45) is 0 Å². The van der Waals surface area contributed by atoms with Crippen LogP contribution in [-0.2, 0) is 0 Å². The molecule has 0 bridgehead atoms. The van der Waals surface area contributed by atoms with E-state index < -0.39 is 0 Å². The standard InChI is InChI=1S/C18H33N3O/c22-18(19-16-10-4-1-5-11-16)21(17-12-6-2-7-13-17)20-14-8-3-9-15-20/h16-17H,1-15H2,(H,19,22). The van der Waals surface area contributed by atoms with Crippen molar-refractivity contribution in [3.63, 3.8) is 0 Å². The Bertz CT molecular complexity index is 324. The summed E-state index contributed by atoms with van der Waals surface area (Å²) in [6.45, 7) is 2.13. The number of hydrogen-bond acceptors (Lipinski definition) is 2. The Morgan fingerprint density at radius 1 is 0.773 bits per heavy atom. The van der Waals surface area contributed by atoms with Gasteiger partial charge in [0.2, 0.25) is 0 Å². The molecule has 4 nitrogen and oxygen atoms in total. The molecule has 1 N–H and O–H groups in total. The Morgan fingerprint density at radius 3 is 1.95 bits per heavy atom. The van der Waals surface area contributed by atoms with Crippen molar-refractivity contribution in [2.45, 2.75) is 95.6 Å². The van der Waals surface area contributed by atoms with Gasteiger partial charge >= 0.3 is 6.03 Å². The molecule has 4 heteroatoms. The van der Waals surface area contributed by atoms with E-state index in [1.54, 1.807) is 0 Å². The minimum Gasteiger partial charge on any atom is -0.334 e. The maximum absolute atomic E-state index is 13.0. The SMILES string of the molecule is O=C(NC1CCCCC1)N(C1CCCCC1)N1CCCCC1. The van der Waals surface area contributed by atoms with Gasteiger partial charge in [0.15, 0.2) is 0 Å². The van der Waals surface area contributed by atoms with Crippen LogP contribution in [0, 0.1) is 0 Å². The summed E-state index contributed by atoms with van der Waals surface area (Å²) in [7, 11) is 0. The zero-order valence-corrected chi connectivity index (χ0v) is 14.1. The summed E-state index contributed by atoms with van der Waals surface area (Å²) < 4.78 is 0. The van der Waals surface area contributed by atoms with Crippen LogP contribution in [0.3, 0.4) is 0 Å². The van der Waals surface area contributed by atoms with Gasteiger partial charge in [0.1, 0.15) is 0 Å². The summed E-state index contributed by atoms with van der Waals surface area (Å²) in [5.74, 6) is 0. The minimum atomic E-state index is 0.195. The average Bonchev–Trinajstić information content (AvgIpc) is 2.58. The van der Waals surface area contributed by atoms with E-state index in [1.165, 1.54) is 83.5 Å². The monoisotopic (exact) mass is 307 g/mol. The molecule has 3 rings (SSSR count). The van der Waals surface area contributed by atoms with Gasteiger partial charge in [-0.25, -0.2) is 9.80 Å². The van der Waals surface area contributed by atoms with E-state index in [9.17, 15) is 4.79 Å². The lowest BCUT2D eigenvalue weighted by atomic mass is 9.94. The molecule has 0 aromatic rings. The van der Waals surface area contributed by atoms with Crippen molar-refractivity contribution in [3.05, 3.63) is 0 Å². The number of urea groups is 1. The van der Waals surface area contributed by atoms with Gasteiger partial charge in [0.25, 0.3) is 0 Å². The number of hydrazine groups is 1. The van der Waals surface area contributed by atoms with E-state index in [4.69, 9.17) is 0 Å². The molecule has 2 aliphatic carbocycles. The first-order valence-corrected chi connectivity index (χ1v) is 9.69. The van der Waals surface area contributed by atoms with Gasteiger partial charge in [-0.1, -0.05) is 44.9 Å². The number of hydrogen-bond donors (Lipinski definition) is 1. The molecule has 0 aromatic heterocycles. The van der Waals surface area contributed by atoms with Gasteiger partial charge in [-0.3, -0.25) is 5.01 Å². The number of nitrogens with one attached hydrogen (secondary N) is 1. The predicted octanol–water partition coefficient (Wildman–Crippen LogP) is 4.06. The molecular weight excluding hydrogens is 274 g/mol. The Balaban J connectivity index is 1.64. The molecule has 0 radical (unpaired) electrons. The molecular formula is C18H33N3O. The fourth-order valence-electron chi connectivity index (χ4n) is 4.43. The van der Waals surface area contributed by atoms with Crippen molar-refractivity contribution in [3.8, 4) is 0 Å². The number of rotatable bonds is 3. The molecule has 0 atom stereocenters. The number of nitrogens with zero attached hydrogens (tertiary/aromatic N) is 2. The summed E-state index contributed by atoms with van der Waals surface area (Å²) >= 11 is 0. The van der Waals surface area contributed by atoms with Gasteiger partial charge in [0, 0.05) is 19.1 Å². The molecule has 3 fully saturated rings. The predicted molar refractivity (Wildman–Crippen MR) is 89.5 cm³/mol. The van der Waals surface area contributed by atoms with Crippen molar-refractivity contribution in [2.75, 3.05) is 13.1 Å². The van der Waals surface area contributed by atoms with Crippen molar-refractivity contribution >= 4 is 6.03 Å². The largest absolute Gasteiger partial charge is 0.334 e. The van der Waals surface area contributed by atoms with Crippen molar-refractivity contribution in [1.82, 2.24) is 15.3 Å². The Hall–Kier alpha value is -0.770. The molecule has 22 heavy (non-hydrogen) atoms. The fourth-order valence-corrected chi connectivity index (χ4v) is 4.43. The molecule has 0 spiro atoms. The van der Waals surface area contributed by atoms with Crippen LogP contribution in [0.1, 0.15) is 83.5 Å². The quantitative estimate of drug-likeness (QED) is 0.853. The van der Waals surface area contributed by atoms with Gasteiger partial charge in [-0.15, -0.1) is 0 Å². The summed E-state index contributed by atoms with van der Waals surface area (Å²) in [5, 5.41) is 7.86. The van der Waals surface area contributed by atoms with Crippen LogP contribution in [0.15, 0.2) is 0 Å². The highest BCUT2D eigenvalue weighted by Crippen LogP contribution is 2.26. The van der Waals surface area contributed by atoms with E-state index in [-0.39, 0.29) is 6.03 Å². The molecule has 2 amide bonds. The van der Waals surface area contributed by atoms with Crippen LogP contribution >= 0.6 is 0 Å². The third kappa shape index (κ3) is 4.15. The van der Waals surface area contributed by atoms with Gasteiger partial charge < -0.3 is 5.32 Å². The van der Waals surface area contributed by atoms with Crippen LogP contribution < -0.4 is 5.32 Å². The maximum atomic E-state index is 13.0. The molecule has 0 unspecified atom stereocenters. The highest BCUT2D eigenvalue weighted by atomic mass is 16.2. The Kier molecular flexibility index (Phi) is 5.99. The first-order valence-electron chi connectivity index (χ1n) is 9.69. The summed E-state index contributed by atoms with van der Waals surface area (Å²) in [6, 6.07) is 1.05. The van der Waals surface area contributed by atoms with Gasteiger partial charge in [0.05, 0.1) is 6.04 Å². The zero-order valence-electron chi connectivity index (χ0n) is 14.1. The lowest BCUT2D eigenvalue weighted by Crippen LogP contribution is -2.58. The molecule has 0 aromatic carbocycles. The highest BCUT2D eigenvalue weighted by molar-refractivity contribution is 5.74. The third-order valence-corrected chi connectivity index (χ3v) is 5.70. The molecule has 1 saturated heterocycles. The zero-order chi connectivity index (χ0) is 15.2. The van der Waals surface area contributed by atoms with E-state index in [1.807, 2.05) is 0 Å². The first kappa shape index (κ1) is 16.1. The van der Waals surface area contributed by atoms with Gasteiger partial charge in [-0.2, -0.15) is 0 Å². The van der Waals surface area contributed by atoms with Gasteiger partial charge in [-0.05, 0) is 38.5 Å². The third-order valence-electron chi connectivity index (χ3n) is 5.70. The molecule has 3 aliphatic rings. The van der Waals surface area contributed by atoms with Crippen molar-refractivity contribution in [1.29, 1.82) is 0 Å². The van der Waals surface area contributed by atoms with Crippen LogP contribution in [0.25, 0.3) is 0 Å². The Labute approximate surface area is 135 Å². The van der Waals surface area contributed by atoms with Crippen LogP contribution in [-0.4, -0.2) is 41.2 Å². The van der Waals surface area contributed by atoms with E-state index in [0.29, 0.717) is 12.1 Å². The molecule has 2 saturated carbocycles. The molecule has 126 valence electrons. The second-order valence-electron chi connectivity index (χ2n) is 7.44. The van der Waals surface area contributed by atoms with Crippen LogP contribution in [0.4, 0.5) is 4.79 Å². The average molecular weight is 307 g/mol. The van der Waals surface area contributed by atoms with E-state index >= 15 is 0 Å². The smallest absolute Gasteiger partial charge is 0.332 e. The van der Waals surface area contributed by atoms with E-state index in [0.717, 1.165) is 13.1 Å². The summed E-state index contributed by atoms with van der Waals surface area (Å²) in [5.41, 5.74) is 0. The number of piperidine rings is 1. The Morgan fingerprint density at radius 2 is 1.32 bits per heavy atom. The fraction of sp³-hybridized carbons (Fsp3) is 0.944. The number of amides is 2. The molecule has 1 aliphatic heterocycles. The molecule has 1 heterocycles. The number of carbonyl (C=O) groups excluding carboxylic acids is 1. The lowest BCUT2D eigenvalue weighted by Gasteiger charge is -2.44. The number of carbonyl (C=O) groups is 1. The van der Waals surface area contributed by atoms with Crippen LogP contribution in [0.5, 0.6) is 0 Å². The topological polar surface area (TPSA) is 35.6 Å². The van der Waals surface area contributed by atoms with Crippen molar-refractivity contribution < 1.29 is 4.79 Å². The second kappa shape index (κ2) is 8.19. The summed E-state index contributed by atoms with van der Waals surface area (Å²) in [6.07, 6.45) is 16.3. The summed E-state index contributed by atoms with van der Waals surface area (Å²) in [4.78, 5) is 13.0. The van der Waals surface area contributed by atoms with E-state index in [2.05, 4.69) is 15.3 Å². The minimum absolute atomic E-state index is 0.195.